The average molecular weight is 723 g/mol. The van der Waals surface area contributed by atoms with Gasteiger partial charge in [-0.2, -0.15) is 6.07 Å². The SMILES string of the molecule is CCCCN1[C]N(c2[c-]c(N3[C]N(CCCC)C=C3)ccc2)C=C1.CNC.[I][Rh+][I]. The van der Waals surface area contributed by atoms with Gasteiger partial charge in [-0.05, 0) is 26.9 Å². The second-order valence-corrected chi connectivity index (χ2v) is 19.2. The summed E-state index contributed by atoms with van der Waals surface area (Å²) in [7, 11) is 4.52. The predicted molar refractivity (Wildman–Crippen MR) is 141 cm³/mol. The fraction of sp³-hybridized carbons (Fsp3) is 0.455. The van der Waals surface area contributed by atoms with Crippen LogP contribution in [0.3, 0.4) is 0 Å². The van der Waals surface area contributed by atoms with Crippen LogP contribution in [0.4, 0.5) is 11.4 Å². The first kappa shape index (κ1) is 28.0. The number of benzene rings is 1. The molecule has 1 N–H and O–H groups in total. The Bertz CT molecular complexity index is 580. The molecule has 2 aliphatic rings. The molecule has 30 heavy (non-hydrogen) atoms. The number of anilines is 2. The van der Waals surface area contributed by atoms with Crippen LogP contribution in [0, 0.1) is 19.4 Å². The van der Waals surface area contributed by atoms with E-state index in [9.17, 15) is 0 Å². The standard InChI is InChI=1S/C20H25N4.C2H7N.2HI.Rh/c1-3-5-10-21-12-14-23(17-21)19-8-7-9-20(16-19)24-15-13-22(18-24)11-6-4-2;1-3-2;;;/h7-9,12-15H,3-6,10-11H2,1-2H3;3H,1-2H3;2*1H;/q-1;;;;+3/p-2. The van der Waals surface area contributed by atoms with E-state index in [4.69, 9.17) is 0 Å². The van der Waals surface area contributed by atoms with Gasteiger partial charge in [0.1, 0.15) is 0 Å². The summed E-state index contributed by atoms with van der Waals surface area (Å²) >= 11 is 4.69. The second kappa shape index (κ2) is 17.5. The normalized spacial score (nSPS) is 14.7. The van der Waals surface area contributed by atoms with Crippen LogP contribution < -0.4 is 15.1 Å². The molecule has 0 fully saturated rings. The van der Waals surface area contributed by atoms with Gasteiger partial charge in [0.05, 0.1) is 0 Å². The Labute approximate surface area is 213 Å². The van der Waals surface area contributed by atoms with Gasteiger partial charge in [0.2, 0.25) is 13.3 Å². The predicted octanol–water partition coefficient (Wildman–Crippen LogP) is 5.87. The van der Waals surface area contributed by atoms with Crippen LogP contribution >= 0.6 is 39.5 Å². The van der Waals surface area contributed by atoms with Gasteiger partial charge >= 0.3 is 49.6 Å². The van der Waals surface area contributed by atoms with Crippen LogP contribution in [-0.2, 0) is 10.1 Å². The van der Waals surface area contributed by atoms with Gasteiger partial charge in [-0.3, -0.25) is 0 Å². The minimum atomic E-state index is 0.770. The Balaban J connectivity index is 0.000000672. The van der Waals surface area contributed by atoms with Crippen molar-refractivity contribution in [1.29, 1.82) is 0 Å². The van der Waals surface area contributed by atoms with E-state index < -0.39 is 0 Å². The van der Waals surface area contributed by atoms with Crippen molar-refractivity contribution in [3.63, 3.8) is 0 Å². The number of halogens is 2. The Kier molecular flexibility index (Phi) is 16.3. The fourth-order valence-corrected chi connectivity index (χ4v) is 2.60. The van der Waals surface area contributed by atoms with Crippen molar-refractivity contribution in [3.8, 4) is 0 Å². The quantitative estimate of drug-likeness (QED) is 0.206. The zero-order valence-electron chi connectivity index (χ0n) is 18.2. The molecule has 168 valence electrons. The van der Waals surface area contributed by atoms with E-state index in [1.807, 2.05) is 36.3 Å². The Morgan fingerprint density at radius 3 is 1.63 bits per heavy atom. The van der Waals surface area contributed by atoms with Crippen LogP contribution in [0.25, 0.3) is 0 Å². The minimum absolute atomic E-state index is 0.770. The summed E-state index contributed by atoms with van der Waals surface area (Å²) in [6.45, 7) is 13.1. The van der Waals surface area contributed by atoms with Gasteiger partial charge in [-0.1, -0.05) is 38.1 Å². The fourth-order valence-electron chi connectivity index (χ4n) is 2.60. The van der Waals surface area contributed by atoms with Gasteiger partial charge < -0.3 is 24.9 Å². The molecule has 4 radical (unpaired) electrons. The van der Waals surface area contributed by atoms with Crippen molar-refractivity contribution in [3.05, 3.63) is 62.4 Å². The zero-order valence-corrected chi connectivity index (χ0v) is 24.1. The van der Waals surface area contributed by atoms with E-state index >= 15 is 0 Å². The molecule has 0 spiro atoms. The van der Waals surface area contributed by atoms with Crippen LogP contribution in [0.2, 0.25) is 0 Å². The summed E-state index contributed by atoms with van der Waals surface area (Å²) in [5.74, 6) is 0. The third-order valence-corrected chi connectivity index (χ3v) is 4.05. The number of hydrogen-bond donors (Lipinski definition) is 1. The molecular weight excluding hydrogens is 691 g/mol. The number of rotatable bonds is 8. The Morgan fingerprint density at radius 1 is 0.867 bits per heavy atom. The first-order chi connectivity index (χ1) is 14.6. The van der Waals surface area contributed by atoms with E-state index in [0.29, 0.717) is 0 Å². The summed E-state index contributed by atoms with van der Waals surface area (Å²) in [5.41, 5.74) is 1.98. The third kappa shape index (κ3) is 10.5. The van der Waals surface area contributed by atoms with Crippen molar-refractivity contribution < 1.29 is 10.1 Å². The van der Waals surface area contributed by atoms with Crippen molar-refractivity contribution in [2.75, 3.05) is 37.0 Å². The summed E-state index contributed by atoms with van der Waals surface area (Å²) in [4.78, 5) is 8.19. The summed E-state index contributed by atoms with van der Waals surface area (Å²) < 4.78 is 0. The molecule has 1 aromatic rings. The molecule has 2 aliphatic heterocycles. The molecule has 0 bridgehead atoms. The molecule has 0 saturated heterocycles. The Morgan fingerprint density at radius 2 is 1.27 bits per heavy atom. The van der Waals surface area contributed by atoms with E-state index in [-0.39, 0.29) is 0 Å². The van der Waals surface area contributed by atoms with Crippen LogP contribution in [0.1, 0.15) is 39.5 Å². The molecule has 0 amide bonds. The molecule has 0 saturated carbocycles. The van der Waals surface area contributed by atoms with E-state index in [1.54, 1.807) is 0 Å². The average Bonchev–Trinajstić information content (AvgIpc) is 3.42. The molecule has 0 aromatic heterocycles. The van der Waals surface area contributed by atoms with Gasteiger partial charge in [0, 0.05) is 37.9 Å². The summed E-state index contributed by atoms with van der Waals surface area (Å²) in [5, 5.41) is 2.75. The first-order valence-electron chi connectivity index (χ1n) is 10.1. The maximum absolute atomic E-state index is 3.45. The monoisotopic (exact) mass is 723 g/mol. The van der Waals surface area contributed by atoms with E-state index in [0.717, 1.165) is 34.6 Å². The first-order valence-corrected chi connectivity index (χ1v) is 19.8. The molecule has 0 atom stereocenters. The number of nitrogens with one attached hydrogen (secondary N) is 1. The van der Waals surface area contributed by atoms with Crippen LogP contribution in [-0.4, -0.2) is 37.0 Å². The summed E-state index contributed by atoms with van der Waals surface area (Å²) in [6, 6.07) is 9.61. The third-order valence-electron chi connectivity index (χ3n) is 4.05. The number of unbranched alkanes of at least 4 members (excludes halogenated alkanes) is 2. The maximum atomic E-state index is 3.45. The van der Waals surface area contributed by atoms with E-state index in [2.05, 4.69) is 118 Å². The second-order valence-electron chi connectivity index (χ2n) is 6.60. The number of hydrogen-bond acceptors (Lipinski definition) is 5. The van der Waals surface area contributed by atoms with Gasteiger partial charge in [-0.15, -0.1) is 18.2 Å². The van der Waals surface area contributed by atoms with Crippen LogP contribution in [0.15, 0.2) is 43.0 Å². The molecule has 8 heteroatoms. The Hall–Kier alpha value is -0.0566. The van der Waals surface area contributed by atoms with Crippen molar-refractivity contribution >= 4 is 50.9 Å². The summed E-state index contributed by atoms with van der Waals surface area (Å²) in [6.07, 6.45) is 12.9. The molecule has 0 aliphatic carbocycles. The number of nitrogens with zero attached hydrogens (tertiary/aromatic N) is 4. The molecular formula is C22H32I2N5Rh. The van der Waals surface area contributed by atoms with Gasteiger partial charge in [0.15, 0.2) is 0 Å². The van der Waals surface area contributed by atoms with Crippen molar-refractivity contribution in [2.45, 2.75) is 39.5 Å². The molecule has 1 aromatic carbocycles. The zero-order chi connectivity index (χ0) is 22.2. The van der Waals surface area contributed by atoms with Crippen molar-refractivity contribution in [2.24, 2.45) is 0 Å². The molecule has 2 heterocycles. The van der Waals surface area contributed by atoms with Gasteiger partial charge in [-0.25, -0.2) is 0 Å². The molecule has 5 nitrogen and oxygen atoms in total. The molecule has 3 rings (SSSR count). The van der Waals surface area contributed by atoms with Crippen LogP contribution in [0.5, 0.6) is 0 Å². The van der Waals surface area contributed by atoms with E-state index in [1.165, 1.54) is 25.7 Å². The van der Waals surface area contributed by atoms with Crippen molar-refractivity contribution in [1.82, 2.24) is 15.1 Å². The molecule has 0 unspecified atom stereocenters. The topological polar surface area (TPSA) is 25.0 Å². The van der Waals surface area contributed by atoms with Gasteiger partial charge in [0.25, 0.3) is 0 Å².